The summed E-state index contributed by atoms with van der Waals surface area (Å²) in [6, 6.07) is 0. The van der Waals surface area contributed by atoms with Gasteiger partial charge in [-0.3, -0.25) is 0 Å². The van der Waals surface area contributed by atoms with Gasteiger partial charge in [0, 0.05) is 0 Å². The second-order valence-corrected chi connectivity index (χ2v) is 2.14. The van der Waals surface area contributed by atoms with Crippen LogP contribution in [0.25, 0.3) is 0 Å². The minimum Gasteiger partial charge on any atom is -0.228 e. The molecule has 0 aliphatic carbocycles. The van der Waals surface area contributed by atoms with E-state index >= 15 is 0 Å². The van der Waals surface area contributed by atoms with Gasteiger partial charge in [-0.2, -0.15) is 4.39 Å². The molecule has 10 heavy (non-hydrogen) atoms. The van der Waals surface area contributed by atoms with E-state index in [4.69, 9.17) is 23.2 Å². The topological polar surface area (TPSA) is 25.8 Å². The van der Waals surface area contributed by atoms with E-state index in [9.17, 15) is 4.39 Å². The van der Waals surface area contributed by atoms with E-state index in [2.05, 4.69) is 16.2 Å². The summed E-state index contributed by atoms with van der Waals surface area (Å²) >= 11 is 10.5. The van der Waals surface area contributed by atoms with Gasteiger partial charge in [-0.1, -0.05) is 11.6 Å². The first-order chi connectivity index (χ1) is 4.74. The fraction of sp³-hybridized carbons (Fsp3) is 0.200. The largest absolute Gasteiger partial charge is 0.235 e. The van der Waals surface area contributed by atoms with Gasteiger partial charge in [0.2, 0.25) is 5.95 Å². The number of halogens is 3. The van der Waals surface area contributed by atoms with Gasteiger partial charge in [-0.25, -0.2) is 9.97 Å². The lowest BCUT2D eigenvalue weighted by Crippen LogP contribution is -1.94. The molecule has 1 aromatic rings. The lowest BCUT2D eigenvalue weighted by molar-refractivity contribution is 0.573. The summed E-state index contributed by atoms with van der Waals surface area (Å²) in [5, 5.41) is -0.214. The lowest BCUT2D eigenvalue weighted by Gasteiger charge is -1.92. The Morgan fingerprint density at radius 1 is 1.60 bits per heavy atom. The van der Waals surface area contributed by atoms with Crippen molar-refractivity contribution in [3.63, 3.8) is 0 Å². The van der Waals surface area contributed by atoms with Crippen LogP contribution in [0.4, 0.5) is 4.39 Å². The first-order valence-electron chi connectivity index (χ1n) is 2.39. The molecule has 1 rings (SSSR count). The average Bonchev–Trinajstić information content (AvgIpc) is 1.95. The van der Waals surface area contributed by atoms with E-state index < -0.39 is 5.95 Å². The van der Waals surface area contributed by atoms with Gasteiger partial charge in [0.25, 0.3) is 0 Å². The Hall–Kier alpha value is -0.410. The van der Waals surface area contributed by atoms with Crippen molar-refractivity contribution < 1.29 is 4.39 Å². The van der Waals surface area contributed by atoms with Crippen molar-refractivity contribution in [3.8, 4) is 0 Å². The molecule has 1 heterocycles. The van der Waals surface area contributed by atoms with Gasteiger partial charge in [-0.15, -0.1) is 11.6 Å². The number of nitrogens with zero attached hydrogens (tertiary/aromatic N) is 2. The molecule has 0 N–H and O–H groups in total. The normalized spacial score (nSPS) is 9.90. The van der Waals surface area contributed by atoms with Crippen LogP contribution < -0.4 is 0 Å². The van der Waals surface area contributed by atoms with E-state index in [0.29, 0.717) is 0 Å². The summed E-state index contributed by atoms with van der Waals surface area (Å²) in [4.78, 5) is 6.84. The molecule has 0 fully saturated rings. The van der Waals surface area contributed by atoms with Crippen LogP contribution in [0.15, 0.2) is 0 Å². The van der Waals surface area contributed by atoms with Gasteiger partial charge < -0.3 is 0 Å². The van der Waals surface area contributed by atoms with Crippen LogP contribution in [0, 0.1) is 12.1 Å². The Morgan fingerprint density at radius 3 is 2.80 bits per heavy atom. The number of alkyl halides is 1. The molecule has 0 bridgehead atoms. The number of hydrogen-bond acceptors (Lipinski definition) is 2. The number of hydrogen-bond donors (Lipinski definition) is 0. The molecular formula is C5H2Cl2FN2. The first kappa shape index (κ1) is 7.69. The second kappa shape index (κ2) is 3.12. The van der Waals surface area contributed by atoms with Gasteiger partial charge in [0.05, 0.1) is 5.88 Å². The Kier molecular flexibility index (Phi) is 2.40. The minimum absolute atomic E-state index is 0.0601. The molecule has 0 aliphatic heterocycles. The predicted molar refractivity (Wildman–Crippen MR) is 35.4 cm³/mol. The zero-order chi connectivity index (χ0) is 7.56. The van der Waals surface area contributed by atoms with Crippen LogP contribution in [0.5, 0.6) is 0 Å². The Morgan fingerprint density at radius 2 is 2.30 bits per heavy atom. The Balaban J connectivity index is 3.04. The van der Waals surface area contributed by atoms with Gasteiger partial charge >= 0.3 is 0 Å². The second-order valence-electron chi connectivity index (χ2n) is 1.49. The Bertz CT molecular complexity index is 241. The van der Waals surface area contributed by atoms with Crippen LogP contribution in [0.3, 0.4) is 0 Å². The van der Waals surface area contributed by atoms with Gasteiger partial charge in [-0.05, 0) is 0 Å². The molecule has 0 saturated heterocycles. The average molecular weight is 180 g/mol. The molecule has 0 saturated carbocycles. The summed E-state index contributed by atoms with van der Waals surface area (Å²) < 4.78 is 12.4. The maximum Gasteiger partial charge on any atom is 0.235 e. The zero-order valence-electron chi connectivity index (χ0n) is 4.74. The van der Waals surface area contributed by atoms with Crippen molar-refractivity contribution in [3.05, 3.63) is 23.0 Å². The first-order valence-corrected chi connectivity index (χ1v) is 3.31. The van der Waals surface area contributed by atoms with E-state index in [1.54, 1.807) is 0 Å². The molecular weight excluding hydrogens is 178 g/mol. The minimum atomic E-state index is -0.785. The summed E-state index contributed by atoms with van der Waals surface area (Å²) in [6.07, 6.45) is 2.21. The number of aromatic nitrogens is 2. The standard InChI is InChI=1S/C5H2Cl2FN2/c6-1-4-9-2-3(7)5(8)10-4/h1H2. The highest BCUT2D eigenvalue weighted by Crippen LogP contribution is 2.09. The fourth-order valence-electron chi connectivity index (χ4n) is 0.407. The molecule has 53 valence electrons. The summed E-state index contributed by atoms with van der Waals surface area (Å²) in [5.74, 6) is -0.541. The molecule has 0 amide bonds. The SMILES string of the molecule is Fc1nc(CCl)n[c]c1Cl. The molecule has 2 nitrogen and oxygen atoms in total. The maximum absolute atomic E-state index is 12.4. The van der Waals surface area contributed by atoms with Crippen molar-refractivity contribution in [1.82, 2.24) is 9.97 Å². The monoisotopic (exact) mass is 179 g/mol. The third kappa shape index (κ3) is 1.55. The van der Waals surface area contributed by atoms with Crippen molar-refractivity contribution in [1.29, 1.82) is 0 Å². The molecule has 0 atom stereocenters. The molecule has 0 spiro atoms. The highest BCUT2D eigenvalue weighted by molar-refractivity contribution is 6.30. The maximum atomic E-state index is 12.4. The molecule has 5 heteroatoms. The van der Waals surface area contributed by atoms with Crippen LogP contribution in [0.2, 0.25) is 5.02 Å². The van der Waals surface area contributed by atoms with Crippen LogP contribution in [-0.2, 0) is 5.88 Å². The van der Waals surface area contributed by atoms with Crippen LogP contribution in [0.1, 0.15) is 5.82 Å². The highest BCUT2D eigenvalue weighted by atomic mass is 35.5. The quantitative estimate of drug-likeness (QED) is 0.486. The van der Waals surface area contributed by atoms with Crippen molar-refractivity contribution >= 4 is 23.2 Å². The zero-order valence-corrected chi connectivity index (χ0v) is 6.25. The molecule has 0 aromatic carbocycles. The smallest absolute Gasteiger partial charge is 0.228 e. The van der Waals surface area contributed by atoms with E-state index in [1.165, 1.54) is 0 Å². The Labute approximate surface area is 67.0 Å². The van der Waals surface area contributed by atoms with Gasteiger partial charge in [0.1, 0.15) is 17.0 Å². The third-order valence-electron chi connectivity index (χ3n) is 0.811. The number of rotatable bonds is 1. The summed E-state index contributed by atoms with van der Waals surface area (Å²) in [6.45, 7) is 0. The van der Waals surface area contributed by atoms with Gasteiger partial charge in [0.15, 0.2) is 0 Å². The molecule has 0 unspecified atom stereocenters. The third-order valence-corrected chi connectivity index (χ3v) is 1.29. The van der Waals surface area contributed by atoms with E-state index in [0.717, 1.165) is 0 Å². The summed E-state index contributed by atoms with van der Waals surface area (Å²) in [7, 11) is 0. The molecule has 0 aliphatic rings. The van der Waals surface area contributed by atoms with E-state index in [-0.39, 0.29) is 16.7 Å². The molecule has 1 radical (unpaired) electrons. The van der Waals surface area contributed by atoms with Crippen molar-refractivity contribution in [2.75, 3.05) is 0 Å². The fourth-order valence-corrected chi connectivity index (χ4v) is 0.611. The van der Waals surface area contributed by atoms with Crippen molar-refractivity contribution in [2.24, 2.45) is 0 Å². The summed E-state index contributed by atoms with van der Waals surface area (Å²) in [5.41, 5.74) is 0. The van der Waals surface area contributed by atoms with E-state index in [1.807, 2.05) is 0 Å². The molecule has 1 aromatic heterocycles. The van der Waals surface area contributed by atoms with Crippen molar-refractivity contribution in [2.45, 2.75) is 5.88 Å². The predicted octanol–water partition coefficient (Wildman–Crippen LogP) is 1.81. The highest BCUT2D eigenvalue weighted by Gasteiger charge is 2.02. The lowest BCUT2D eigenvalue weighted by atomic mass is 10.6. The van der Waals surface area contributed by atoms with Crippen LogP contribution in [-0.4, -0.2) is 9.97 Å². The van der Waals surface area contributed by atoms with Crippen LogP contribution >= 0.6 is 23.2 Å².